The van der Waals surface area contributed by atoms with Crippen molar-refractivity contribution < 1.29 is 4.79 Å². The summed E-state index contributed by atoms with van der Waals surface area (Å²) < 4.78 is 0. The number of Topliss-reactive ketones (excluding diaryl/α,β-unsaturated/α-hetero) is 1. The number of hydrogen-bond acceptors (Lipinski definition) is 3. The average Bonchev–Trinajstić information content (AvgIpc) is 3.12. The Hall–Kier alpha value is -5.37. The molecule has 0 spiro atoms. The van der Waals surface area contributed by atoms with E-state index in [-0.39, 0.29) is 5.78 Å². The molecule has 0 unspecified atom stereocenters. The van der Waals surface area contributed by atoms with E-state index in [4.69, 9.17) is 9.97 Å². The molecule has 0 saturated carbocycles. The van der Waals surface area contributed by atoms with E-state index in [0.717, 1.165) is 43.6 Å². The highest BCUT2D eigenvalue weighted by Gasteiger charge is 2.36. The summed E-state index contributed by atoms with van der Waals surface area (Å²) in [7, 11) is 0. The van der Waals surface area contributed by atoms with Gasteiger partial charge in [-0.15, -0.1) is 0 Å². The van der Waals surface area contributed by atoms with E-state index >= 15 is 4.79 Å². The number of ketones is 1. The molecule has 0 fully saturated rings. The number of aryl methyl sites for hydroxylation is 2. The summed E-state index contributed by atoms with van der Waals surface area (Å²) in [5.74, 6) is -0.0554. The fraction of sp³-hybridized carbons (Fsp3) is 0.0476. The molecule has 0 saturated heterocycles. The minimum absolute atomic E-state index is 0.0554. The predicted octanol–water partition coefficient (Wildman–Crippen LogP) is 8.31. The standard InChI is InChI=1S/C42H33N2OP/c1-30-28-37-38(29-31(30)2)44-40(39(43-37)32-18-8-3-9-19-32)42(41(45)33-20-10-4-11-21-33)46(34-22-12-5-13-23-34,35-24-14-6-15-25-35)36-26-16-7-17-27-36/h3-29H,1-2H3. The van der Waals surface area contributed by atoms with Gasteiger partial charge in [0.2, 0.25) is 0 Å². The van der Waals surface area contributed by atoms with Crippen molar-refractivity contribution >= 4 is 44.9 Å². The van der Waals surface area contributed by atoms with Gasteiger partial charge in [-0.25, -0.2) is 9.97 Å². The van der Waals surface area contributed by atoms with Crippen LogP contribution in [0, 0.1) is 13.8 Å². The van der Waals surface area contributed by atoms with Crippen LogP contribution in [-0.2, 0) is 0 Å². The van der Waals surface area contributed by atoms with Crippen molar-refractivity contribution in [2.24, 2.45) is 0 Å². The molecular formula is C42H33N2OP. The van der Waals surface area contributed by atoms with Crippen molar-refractivity contribution in [2.45, 2.75) is 13.8 Å². The third-order valence-corrected chi connectivity index (χ3v) is 12.9. The molecule has 0 amide bonds. The van der Waals surface area contributed by atoms with Crippen LogP contribution in [0.1, 0.15) is 27.2 Å². The molecule has 1 aromatic heterocycles. The lowest BCUT2D eigenvalue weighted by Crippen LogP contribution is -2.35. The first-order valence-corrected chi connectivity index (χ1v) is 17.2. The zero-order valence-electron chi connectivity index (χ0n) is 25.8. The van der Waals surface area contributed by atoms with Crippen LogP contribution in [0.25, 0.3) is 22.3 Å². The first kappa shape index (κ1) is 29.3. The van der Waals surface area contributed by atoms with Gasteiger partial charge in [0.1, 0.15) is 5.69 Å². The molecule has 0 radical (unpaired) electrons. The number of fused-ring (bicyclic) bond motifs is 1. The number of aromatic nitrogens is 2. The summed E-state index contributed by atoms with van der Waals surface area (Å²) >= 11 is 0. The molecule has 0 aliphatic carbocycles. The Balaban J connectivity index is 1.79. The Morgan fingerprint density at radius 3 is 1.35 bits per heavy atom. The Labute approximate surface area is 270 Å². The van der Waals surface area contributed by atoms with E-state index in [1.807, 2.05) is 66.7 Å². The number of nitrogens with zero attached hydrogens (tertiary/aromatic N) is 2. The molecule has 3 nitrogen and oxygen atoms in total. The highest BCUT2D eigenvalue weighted by Crippen LogP contribution is 2.49. The van der Waals surface area contributed by atoms with Gasteiger partial charge in [-0.1, -0.05) is 152 Å². The van der Waals surface area contributed by atoms with Crippen LogP contribution in [0.4, 0.5) is 0 Å². The van der Waals surface area contributed by atoms with E-state index in [0.29, 0.717) is 22.2 Å². The van der Waals surface area contributed by atoms with Crippen LogP contribution in [0.2, 0.25) is 0 Å². The summed E-state index contributed by atoms with van der Waals surface area (Å²) in [5, 5.41) is 3.89. The second-order valence-electron chi connectivity index (χ2n) is 11.4. The Morgan fingerprint density at radius 2 is 0.891 bits per heavy atom. The number of hydrogen-bond donors (Lipinski definition) is 0. The van der Waals surface area contributed by atoms with E-state index < -0.39 is 6.89 Å². The predicted molar refractivity (Wildman–Crippen MR) is 194 cm³/mol. The van der Waals surface area contributed by atoms with E-state index in [1.165, 1.54) is 0 Å². The second-order valence-corrected chi connectivity index (χ2v) is 14.8. The normalized spacial score (nSPS) is 11.3. The zero-order chi connectivity index (χ0) is 31.5. The third-order valence-electron chi connectivity index (χ3n) is 8.57. The van der Waals surface area contributed by atoms with Crippen molar-refractivity contribution in [3.05, 3.63) is 186 Å². The topological polar surface area (TPSA) is 42.9 Å². The maximum Gasteiger partial charge on any atom is 0.196 e. The molecule has 0 aliphatic heterocycles. The fourth-order valence-corrected chi connectivity index (χ4v) is 10.6. The molecule has 7 aromatic rings. The molecule has 0 aliphatic rings. The number of carbonyl (C=O) groups is 1. The minimum atomic E-state index is -2.89. The van der Waals surface area contributed by atoms with Crippen LogP contribution in [0.15, 0.2) is 164 Å². The van der Waals surface area contributed by atoms with Gasteiger partial charge in [-0.2, -0.15) is 0 Å². The van der Waals surface area contributed by atoms with Gasteiger partial charge in [0.25, 0.3) is 0 Å². The van der Waals surface area contributed by atoms with E-state index in [1.54, 1.807) is 0 Å². The maximum absolute atomic E-state index is 15.5. The minimum Gasteiger partial charge on any atom is -0.288 e. The molecule has 0 bridgehead atoms. The smallest absolute Gasteiger partial charge is 0.196 e. The fourth-order valence-electron chi connectivity index (χ4n) is 6.21. The van der Waals surface area contributed by atoms with Gasteiger partial charge < -0.3 is 0 Å². The van der Waals surface area contributed by atoms with Crippen molar-refractivity contribution in [2.75, 3.05) is 0 Å². The largest absolute Gasteiger partial charge is 0.288 e. The van der Waals surface area contributed by atoms with E-state index in [2.05, 4.69) is 111 Å². The molecular weight excluding hydrogens is 579 g/mol. The van der Waals surface area contributed by atoms with Gasteiger partial charge >= 0.3 is 0 Å². The first-order valence-electron chi connectivity index (χ1n) is 15.5. The highest BCUT2D eigenvalue weighted by molar-refractivity contribution is 7.97. The molecule has 0 N–H and O–H groups in total. The monoisotopic (exact) mass is 612 g/mol. The summed E-state index contributed by atoms with van der Waals surface area (Å²) in [4.78, 5) is 26.2. The quantitative estimate of drug-likeness (QED) is 0.134. The Kier molecular flexibility index (Phi) is 8.01. The number of benzene rings is 6. The average molecular weight is 613 g/mol. The van der Waals surface area contributed by atoms with Crippen LogP contribution < -0.4 is 15.9 Å². The lowest BCUT2D eigenvalue weighted by molar-refractivity contribution is 0.106. The third kappa shape index (κ3) is 5.19. The maximum atomic E-state index is 15.5. The summed E-state index contributed by atoms with van der Waals surface area (Å²) in [5.41, 5.74) is 6.69. The zero-order valence-corrected chi connectivity index (χ0v) is 26.7. The van der Waals surface area contributed by atoms with Crippen LogP contribution in [-0.4, -0.2) is 21.0 Å². The van der Waals surface area contributed by atoms with Gasteiger partial charge in [-0.3, -0.25) is 4.79 Å². The summed E-state index contributed by atoms with van der Waals surface area (Å²) in [6.45, 7) is 1.30. The molecule has 6 aromatic carbocycles. The number of rotatable bonds is 7. The lowest BCUT2D eigenvalue weighted by Gasteiger charge is -2.33. The highest BCUT2D eigenvalue weighted by atomic mass is 31.2. The van der Waals surface area contributed by atoms with Crippen molar-refractivity contribution in [3.63, 3.8) is 0 Å². The molecule has 4 heteroatoms. The second kappa shape index (κ2) is 12.6. The SMILES string of the molecule is Cc1cc2nc(C(C(=O)c3ccccc3)=P(c3ccccc3)(c3ccccc3)c3ccccc3)c(-c3ccccc3)nc2cc1C. The molecule has 0 atom stereocenters. The van der Waals surface area contributed by atoms with Crippen LogP contribution >= 0.6 is 6.89 Å². The first-order chi connectivity index (χ1) is 22.6. The van der Waals surface area contributed by atoms with Crippen molar-refractivity contribution in [1.82, 2.24) is 9.97 Å². The van der Waals surface area contributed by atoms with Crippen LogP contribution in [0.3, 0.4) is 0 Å². The van der Waals surface area contributed by atoms with E-state index in [9.17, 15) is 0 Å². The van der Waals surface area contributed by atoms with Crippen molar-refractivity contribution in [1.29, 1.82) is 0 Å². The van der Waals surface area contributed by atoms with Gasteiger partial charge in [0.15, 0.2) is 5.78 Å². The van der Waals surface area contributed by atoms with Crippen LogP contribution in [0.5, 0.6) is 0 Å². The molecule has 222 valence electrons. The summed E-state index contributed by atoms with van der Waals surface area (Å²) in [6.07, 6.45) is 0. The molecule has 46 heavy (non-hydrogen) atoms. The number of carbonyl (C=O) groups excluding carboxylic acids is 1. The Morgan fingerprint density at radius 1 is 0.500 bits per heavy atom. The Bertz CT molecular complexity index is 2110. The van der Waals surface area contributed by atoms with Gasteiger partial charge in [0, 0.05) is 11.1 Å². The van der Waals surface area contributed by atoms with Gasteiger partial charge in [-0.05, 0) is 59.9 Å². The van der Waals surface area contributed by atoms with Gasteiger partial charge in [0.05, 0.1) is 22.0 Å². The van der Waals surface area contributed by atoms with Crippen molar-refractivity contribution in [3.8, 4) is 11.3 Å². The lowest BCUT2D eigenvalue weighted by atomic mass is 10.0. The summed E-state index contributed by atoms with van der Waals surface area (Å²) in [6, 6.07) is 55.4. The molecule has 7 rings (SSSR count). The molecule has 1 heterocycles.